The van der Waals surface area contributed by atoms with Crippen LogP contribution < -0.4 is 0 Å². The van der Waals surface area contributed by atoms with Crippen LogP contribution in [0.1, 0.15) is 126 Å². The SMILES string of the molecule is CC(CC(O)C(O)C(O)C(O)CO)[C@H]1CC[C@]2(C)[C@H]3CC[C@@H]4[C@@]5(C)C[C@H](C)CC(C)(C)[C@@H]5CC[C@@]4(C)[C@]3(C)CC[C@@H]12. The van der Waals surface area contributed by atoms with Crippen molar-refractivity contribution in [1.29, 1.82) is 0 Å². The number of fused-ring (bicyclic) bond motifs is 7. The second-order valence-electron chi connectivity index (χ2n) is 18.0. The topological polar surface area (TPSA) is 101 Å². The fourth-order valence-corrected chi connectivity index (χ4v) is 14.0. The van der Waals surface area contributed by atoms with Gasteiger partial charge < -0.3 is 25.5 Å². The number of aliphatic hydroxyl groups excluding tert-OH is 5. The summed E-state index contributed by atoms with van der Waals surface area (Å²) < 4.78 is 0. The lowest BCUT2D eigenvalue weighted by molar-refractivity contribution is -0.245. The van der Waals surface area contributed by atoms with Gasteiger partial charge in [-0.2, -0.15) is 0 Å². The smallest absolute Gasteiger partial charge is 0.110 e. The third-order valence-electron chi connectivity index (χ3n) is 15.6. The summed E-state index contributed by atoms with van der Waals surface area (Å²) >= 11 is 0. The maximum atomic E-state index is 10.8. The highest BCUT2D eigenvalue weighted by Gasteiger charge is 2.70. The average Bonchev–Trinajstić information content (AvgIpc) is 3.23. The van der Waals surface area contributed by atoms with Crippen LogP contribution in [0.5, 0.6) is 0 Å². The number of aliphatic hydroxyl groups is 5. The molecule has 0 aromatic rings. The first-order valence-electron chi connectivity index (χ1n) is 17.3. The molecule has 5 rings (SSSR count). The zero-order chi connectivity index (χ0) is 30.3. The van der Waals surface area contributed by atoms with E-state index in [1.807, 2.05) is 0 Å². The van der Waals surface area contributed by atoms with Gasteiger partial charge in [-0.3, -0.25) is 0 Å². The molecule has 0 spiro atoms. The molecule has 0 aromatic carbocycles. The zero-order valence-corrected chi connectivity index (χ0v) is 27.6. The van der Waals surface area contributed by atoms with E-state index in [4.69, 9.17) is 5.11 Å². The minimum absolute atomic E-state index is 0.224. The number of rotatable bonds is 7. The standard InChI is InChI=1S/C36H64O5/c1-21-18-32(3,4)27-13-16-36(8)29(34(27,6)19-21)10-9-28-33(5)14-11-23(24(33)12-15-35(28,36)7)22(2)17-25(38)30(40)31(41)26(39)20-37/h21-31,37-41H,9-20H2,1-8H3/t21-,22?,23-,24+,25?,26?,27+,28-,29-,30?,31?,33+,34+,35-,36-/m1/s1. The van der Waals surface area contributed by atoms with Gasteiger partial charge in [0.2, 0.25) is 0 Å². The molecule has 0 heterocycles. The predicted octanol–water partition coefficient (Wildman–Crippen LogP) is 6.19. The molecular weight excluding hydrogens is 512 g/mol. The molecule has 41 heavy (non-hydrogen) atoms. The monoisotopic (exact) mass is 576 g/mol. The van der Waals surface area contributed by atoms with Gasteiger partial charge in [0.15, 0.2) is 0 Å². The van der Waals surface area contributed by atoms with E-state index in [1.54, 1.807) is 0 Å². The summed E-state index contributed by atoms with van der Waals surface area (Å²) in [6, 6.07) is 0. The van der Waals surface area contributed by atoms with Gasteiger partial charge in [0.05, 0.1) is 12.7 Å². The molecule has 5 fully saturated rings. The van der Waals surface area contributed by atoms with Crippen molar-refractivity contribution >= 4 is 0 Å². The Kier molecular flexibility index (Phi) is 8.41. The van der Waals surface area contributed by atoms with Crippen LogP contribution in [0.15, 0.2) is 0 Å². The predicted molar refractivity (Wildman–Crippen MR) is 164 cm³/mol. The maximum Gasteiger partial charge on any atom is 0.110 e. The number of hydrogen-bond donors (Lipinski definition) is 5. The molecule has 5 aliphatic rings. The van der Waals surface area contributed by atoms with Gasteiger partial charge in [-0.05, 0) is 139 Å². The first-order chi connectivity index (χ1) is 19.0. The first-order valence-corrected chi connectivity index (χ1v) is 17.3. The molecule has 5 heteroatoms. The molecular formula is C36H64O5. The van der Waals surface area contributed by atoms with E-state index >= 15 is 0 Å². The second-order valence-corrected chi connectivity index (χ2v) is 18.0. The highest BCUT2D eigenvalue weighted by molar-refractivity contribution is 5.19. The van der Waals surface area contributed by atoms with Crippen molar-refractivity contribution < 1.29 is 25.5 Å². The Balaban J connectivity index is 1.35. The summed E-state index contributed by atoms with van der Waals surface area (Å²) in [4.78, 5) is 0. The zero-order valence-electron chi connectivity index (χ0n) is 27.6. The van der Waals surface area contributed by atoms with E-state index in [0.29, 0.717) is 45.3 Å². The van der Waals surface area contributed by atoms with Gasteiger partial charge in [-0.1, -0.05) is 55.4 Å². The summed E-state index contributed by atoms with van der Waals surface area (Å²) in [6.07, 6.45) is 8.12. The van der Waals surface area contributed by atoms with Gasteiger partial charge in [0.25, 0.3) is 0 Å². The van der Waals surface area contributed by atoms with Crippen molar-refractivity contribution in [3.05, 3.63) is 0 Å². The Labute approximate surface area is 250 Å². The van der Waals surface area contributed by atoms with Crippen LogP contribution in [0, 0.1) is 68.5 Å². The van der Waals surface area contributed by atoms with Crippen LogP contribution in [0.25, 0.3) is 0 Å². The molecule has 0 bridgehead atoms. The van der Waals surface area contributed by atoms with Crippen LogP contribution in [0.4, 0.5) is 0 Å². The number of hydrogen-bond acceptors (Lipinski definition) is 5. The summed E-state index contributed by atoms with van der Waals surface area (Å²) in [5.41, 5.74) is 1.94. The minimum atomic E-state index is -1.54. The van der Waals surface area contributed by atoms with Gasteiger partial charge in [-0.15, -0.1) is 0 Å². The second kappa shape index (κ2) is 10.7. The van der Waals surface area contributed by atoms with Crippen molar-refractivity contribution in [3.8, 4) is 0 Å². The molecule has 238 valence electrons. The van der Waals surface area contributed by atoms with Crippen molar-refractivity contribution in [2.75, 3.05) is 6.61 Å². The van der Waals surface area contributed by atoms with Gasteiger partial charge in [0, 0.05) is 0 Å². The van der Waals surface area contributed by atoms with Crippen molar-refractivity contribution in [1.82, 2.24) is 0 Å². The normalized spacial score (nSPS) is 50.9. The summed E-state index contributed by atoms with van der Waals surface area (Å²) in [5.74, 6) is 4.56. The van der Waals surface area contributed by atoms with Crippen LogP contribution in [0.3, 0.4) is 0 Å². The highest BCUT2D eigenvalue weighted by Crippen LogP contribution is 2.78. The third kappa shape index (κ3) is 4.72. The minimum Gasteiger partial charge on any atom is -0.394 e. The van der Waals surface area contributed by atoms with Crippen molar-refractivity contribution in [2.24, 2.45) is 68.5 Å². The first kappa shape index (κ1) is 32.2. The maximum absolute atomic E-state index is 10.8. The fraction of sp³-hybridized carbons (Fsp3) is 1.00. The van der Waals surface area contributed by atoms with Crippen molar-refractivity contribution in [2.45, 2.75) is 150 Å². The molecule has 15 atom stereocenters. The highest BCUT2D eigenvalue weighted by atomic mass is 16.4. The van der Waals surface area contributed by atoms with Crippen LogP contribution >= 0.6 is 0 Å². The van der Waals surface area contributed by atoms with Gasteiger partial charge >= 0.3 is 0 Å². The van der Waals surface area contributed by atoms with E-state index in [1.165, 1.54) is 64.2 Å². The quantitative estimate of drug-likeness (QED) is 0.249. The largest absolute Gasteiger partial charge is 0.394 e. The third-order valence-corrected chi connectivity index (χ3v) is 15.6. The van der Waals surface area contributed by atoms with E-state index in [2.05, 4.69) is 55.4 Å². The van der Waals surface area contributed by atoms with E-state index in [-0.39, 0.29) is 5.92 Å². The van der Waals surface area contributed by atoms with Crippen molar-refractivity contribution in [3.63, 3.8) is 0 Å². The molecule has 0 radical (unpaired) electrons. The lowest BCUT2D eigenvalue weighted by Gasteiger charge is -2.73. The van der Waals surface area contributed by atoms with E-state index in [0.717, 1.165) is 23.7 Å². The molecule has 5 saturated carbocycles. The lowest BCUT2D eigenvalue weighted by atomic mass is 9.31. The Bertz CT molecular complexity index is 952. The molecule has 0 aliphatic heterocycles. The molecule has 5 unspecified atom stereocenters. The Morgan fingerprint density at radius 2 is 1.22 bits per heavy atom. The van der Waals surface area contributed by atoms with E-state index < -0.39 is 31.0 Å². The molecule has 0 saturated heterocycles. The Morgan fingerprint density at radius 1 is 0.659 bits per heavy atom. The van der Waals surface area contributed by atoms with E-state index in [9.17, 15) is 20.4 Å². The lowest BCUT2D eigenvalue weighted by Crippen LogP contribution is -2.66. The van der Waals surface area contributed by atoms with Gasteiger partial charge in [-0.25, -0.2) is 0 Å². The molecule has 0 amide bonds. The Hall–Kier alpha value is -0.200. The average molecular weight is 577 g/mol. The summed E-state index contributed by atoms with van der Waals surface area (Å²) in [5, 5.41) is 50.3. The fourth-order valence-electron chi connectivity index (χ4n) is 14.0. The summed E-state index contributed by atoms with van der Waals surface area (Å²) in [6.45, 7) is 20.0. The molecule has 5 aliphatic carbocycles. The Morgan fingerprint density at radius 3 is 1.83 bits per heavy atom. The molecule has 5 nitrogen and oxygen atoms in total. The van der Waals surface area contributed by atoms with Crippen LogP contribution in [0.2, 0.25) is 0 Å². The van der Waals surface area contributed by atoms with Crippen LogP contribution in [-0.2, 0) is 0 Å². The molecule has 0 aromatic heterocycles. The van der Waals surface area contributed by atoms with Gasteiger partial charge in [0.1, 0.15) is 18.3 Å². The van der Waals surface area contributed by atoms with Crippen LogP contribution in [-0.4, -0.2) is 56.6 Å². The molecule has 5 N–H and O–H groups in total. The summed E-state index contributed by atoms with van der Waals surface area (Å²) in [7, 11) is 0.